The molecule has 0 aromatic heterocycles. The predicted octanol–water partition coefficient (Wildman–Crippen LogP) is 0.486. The molecule has 4 heteroatoms. The molecule has 96 valence electrons. The zero-order chi connectivity index (χ0) is 12.2. The van der Waals surface area contributed by atoms with Gasteiger partial charge in [-0.05, 0) is 38.5 Å². The number of piperidine rings is 1. The molecule has 3 aliphatic rings. The van der Waals surface area contributed by atoms with Gasteiger partial charge in [0.25, 0.3) is 0 Å². The minimum Gasteiger partial charge on any atom is -0.396 e. The van der Waals surface area contributed by atoms with E-state index in [1.165, 1.54) is 0 Å². The van der Waals surface area contributed by atoms with Gasteiger partial charge in [0.15, 0.2) is 0 Å². The van der Waals surface area contributed by atoms with Gasteiger partial charge in [-0.1, -0.05) is 6.42 Å². The standard InChI is InChI=1S/C13H22N2O2/c1-8-5-9-6-10(9)15(8)12(17)11(14)13(7-16)3-2-4-13/h8-11,16H,2-7,14H2,1H3. The second-order valence-electron chi connectivity index (χ2n) is 6.25. The number of rotatable bonds is 3. The third-order valence-electron chi connectivity index (χ3n) is 5.21. The van der Waals surface area contributed by atoms with Gasteiger partial charge in [0.1, 0.15) is 0 Å². The summed E-state index contributed by atoms with van der Waals surface area (Å²) < 4.78 is 0. The van der Waals surface area contributed by atoms with E-state index in [1.54, 1.807) is 0 Å². The normalized spacial score (nSPS) is 39.5. The molecule has 17 heavy (non-hydrogen) atoms. The lowest BCUT2D eigenvalue weighted by atomic mass is 9.64. The minimum absolute atomic E-state index is 0.0518. The van der Waals surface area contributed by atoms with Crippen molar-refractivity contribution in [3.8, 4) is 0 Å². The Morgan fingerprint density at radius 2 is 2.24 bits per heavy atom. The fourth-order valence-corrected chi connectivity index (χ4v) is 3.71. The van der Waals surface area contributed by atoms with Crippen molar-refractivity contribution in [3.05, 3.63) is 0 Å². The van der Waals surface area contributed by atoms with E-state index in [-0.39, 0.29) is 17.9 Å². The van der Waals surface area contributed by atoms with Gasteiger partial charge in [0.2, 0.25) is 5.91 Å². The summed E-state index contributed by atoms with van der Waals surface area (Å²) in [5.41, 5.74) is 5.82. The lowest BCUT2D eigenvalue weighted by Gasteiger charge is -2.45. The maximum absolute atomic E-state index is 12.5. The number of amides is 1. The van der Waals surface area contributed by atoms with Crippen LogP contribution in [0.5, 0.6) is 0 Å². The molecule has 4 nitrogen and oxygen atoms in total. The van der Waals surface area contributed by atoms with Crippen molar-refractivity contribution in [2.24, 2.45) is 17.1 Å². The van der Waals surface area contributed by atoms with E-state index >= 15 is 0 Å². The number of aliphatic hydroxyl groups is 1. The lowest BCUT2D eigenvalue weighted by molar-refractivity contribution is -0.141. The topological polar surface area (TPSA) is 66.6 Å². The summed E-state index contributed by atoms with van der Waals surface area (Å²) >= 11 is 0. The summed E-state index contributed by atoms with van der Waals surface area (Å²) in [4.78, 5) is 14.5. The number of likely N-dealkylation sites (tertiary alicyclic amines) is 1. The highest BCUT2D eigenvalue weighted by atomic mass is 16.3. The van der Waals surface area contributed by atoms with Gasteiger partial charge in [-0.3, -0.25) is 4.79 Å². The van der Waals surface area contributed by atoms with Gasteiger partial charge in [0.05, 0.1) is 12.6 Å². The van der Waals surface area contributed by atoms with E-state index in [0.717, 1.165) is 38.0 Å². The van der Waals surface area contributed by atoms with E-state index < -0.39 is 6.04 Å². The Morgan fingerprint density at radius 3 is 2.65 bits per heavy atom. The number of nitrogens with zero attached hydrogens (tertiary/aromatic N) is 1. The molecule has 1 amide bonds. The van der Waals surface area contributed by atoms with E-state index in [4.69, 9.17) is 5.73 Å². The smallest absolute Gasteiger partial charge is 0.240 e. The van der Waals surface area contributed by atoms with Crippen LogP contribution in [-0.2, 0) is 4.79 Å². The molecule has 3 rings (SSSR count). The molecule has 1 heterocycles. The molecule has 0 radical (unpaired) electrons. The second kappa shape index (κ2) is 3.69. The molecule has 2 aliphatic carbocycles. The van der Waals surface area contributed by atoms with Gasteiger partial charge in [-0.25, -0.2) is 0 Å². The summed E-state index contributed by atoms with van der Waals surface area (Å²) in [5, 5.41) is 9.49. The highest BCUT2D eigenvalue weighted by molar-refractivity contribution is 5.84. The molecule has 3 N–H and O–H groups in total. The summed E-state index contributed by atoms with van der Waals surface area (Å²) in [6.45, 7) is 2.17. The summed E-state index contributed by atoms with van der Waals surface area (Å²) in [5.74, 6) is 0.809. The first-order chi connectivity index (χ1) is 8.09. The van der Waals surface area contributed by atoms with Crippen LogP contribution in [0, 0.1) is 11.3 Å². The van der Waals surface area contributed by atoms with Gasteiger partial charge in [0, 0.05) is 17.5 Å². The SMILES string of the molecule is CC1CC2CC2N1C(=O)C(N)C1(CO)CCC1. The van der Waals surface area contributed by atoms with Crippen molar-refractivity contribution in [2.45, 2.75) is 57.2 Å². The van der Waals surface area contributed by atoms with Crippen LogP contribution < -0.4 is 5.73 Å². The van der Waals surface area contributed by atoms with E-state index in [0.29, 0.717) is 12.1 Å². The van der Waals surface area contributed by atoms with Crippen LogP contribution in [0.4, 0.5) is 0 Å². The molecule has 0 spiro atoms. The van der Waals surface area contributed by atoms with Crippen LogP contribution in [-0.4, -0.2) is 40.6 Å². The Morgan fingerprint density at radius 1 is 1.53 bits per heavy atom. The summed E-state index contributed by atoms with van der Waals surface area (Å²) in [7, 11) is 0. The Bertz CT molecular complexity index is 333. The van der Waals surface area contributed by atoms with Crippen LogP contribution in [0.3, 0.4) is 0 Å². The Kier molecular flexibility index (Phi) is 2.49. The summed E-state index contributed by atoms with van der Waals surface area (Å²) in [6, 6.07) is 0.301. The molecule has 0 bridgehead atoms. The minimum atomic E-state index is -0.497. The largest absolute Gasteiger partial charge is 0.396 e. The third kappa shape index (κ3) is 1.54. The quantitative estimate of drug-likeness (QED) is 0.752. The zero-order valence-corrected chi connectivity index (χ0v) is 10.4. The average Bonchev–Trinajstić information content (AvgIpc) is 2.89. The predicted molar refractivity (Wildman–Crippen MR) is 64.2 cm³/mol. The van der Waals surface area contributed by atoms with Gasteiger partial charge in [-0.2, -0.15) is 0 Å². The number of aliphatic hydroxyl groups excluding tert-OH is 1. The van der Waals surface area contributed by atoms with Gasteiger partial charge >= 0.3 is 0 Å². The fraction of sp³-hybridized carbons (Fsp3) is 0.923. The number of hydrogen-bond donors (Lipinski definition) is 2. The Balaban J connectivity index is 1.73. The van der Waals surface area contributed by atoms with Crippen LogP contribution in [0.2, 0.25) is 0 Å². The summed E-state index contributed by atoms with van der Waals surface area (Å²) in [6.07, 6.45) is 5.17. The van der Waals surface area contributed by atoms with E-state index in [1.807, 2.05) is 4.90 Å². The van der Waals surface area contributed by atoms with Crippen LogP contribution in [0.15, 0.2) is 0 Å². The van der Waals surface area contributed by atoms with E-state index in [2.05, 4.69) is 6.92 Å². The van der Waals surface area contributed by atoms with Crippen LogP contribution in [0.1, 0.15) is 39.0 Å². The first kappa shape index (κ1) is 11.5. The molecule has 4 unspecified atom stereocenters. The molecule has 2 saturated carbocycles. The van der Waals surface area contributed by atoms with Crippen molar-refractivity contribution in [3.63, 3.8) is 0 Å². The monoisotopic (exact) mass is 238 g/mol. The van der Waals surface area contributed by atoms with Crippen molar-refractivity contribution in [1.82, 2.24) is 4.90 Å². The second-order valence-corrected chi connectivity index (χ2v) is 6.25. The number of carbonyl (C=O) groups is 1. The third-order valence-corrected chi connectivity index (χ3v) is 5.21. The molecule has 1 saturated heterocycles. The number of fused-ring (bicyclic) bond motifs is 1. The molecule has 0 aromatic rings. The van der Waals surface area contributed by atoms with Crippen molar-refractivity contribution in [1.29, 1.82) is 0 Å². The van der Waals surface area contributed by atoms with Gasteiger partial charge in [-0.15, -0.1) is 0 Å². The highest BCUT2D eigenvalue weighted by Crippen LogP contribution is 2.49. The molecule has 0 aromatic carbocycles. The Labute approximate surface area is 102 Å². The maximum Gasteiger partial charge on any atom is 0.240 e. The van der Waals surface area contributed by atoms with Crippen LogP contribution in [0.25, 0.3) is 0 Å². The highest BCUT2D eigenvalue weighted by Gasteiger charge is 2.55. The lowest BCUT2D eigenvalue weighted by Crippen LogP contribution is -2.58. The first-order valence-electron chi connectivity index (χ1n) is 6.78. The van der Waals surface area contributed by atoms with Crippen molar-refractivity contribution >= 4 is 5.91 Å². The average molecular weight is 238 g/mol. The molecular formula is C13H22N2O2. The molecule has 3 fully saturated rings. The fourth-order valence-electron chi connectivity index (χ4n) is 3.71. The number of hydrogen-bond acceptors (Lipinski definition) is 3. The zero-order valence-electron chi connectivity index (χ0n) is 10.4. The number of carbonyl (C=O) groups excluding carboxylic acids is 1. The first-order valence-corrected chi connectivity index (χ1v) is 6.78. The molecule has 1 aliphatic heterocycles. The molecular weight excluding hydrogens is 216 g/mol. The van der Waals surface area contributed by atoms with Gasteiger partial charge < -0.3 is 15.7 Å². The maximum atomic E-state index is 12.5. The number of nitrogens with two attached hydrogens (primary N) is 1. The Hall–Kier alpha value is -0.610. The van der Waals surface area contributed by atoms with Crippen molar-refractivity contribution in [2.75, 3.05) is 6.61 Å². The van der Waals surface area contributed by atoms with E-state index in [9.17, 15) is 9.90 Å². The van der Waals surface area contributed by atoms with Crippen molar-refractivity contribution < 1.29 is 9.90 Å². The van der Waals surface area contributed by atoms with Crippen LogP contribution >= 0.6 is 0 Å². The molecule has 4 atom stereocenters.